The molecular formula is C32H38F3N5O3. The molecule has 2 aliphatic heterocycles. The molecule has 8 nitrogen and oxygen atoms in total. The molecule has 0 radical (unpaired) electrons. The number of alkyl halides is 3. The van der Waals surface area contributed by atoms with E-state index in [9.17, 15) is 18.0 Å². The molecule has 0 spiro atoms. The number of ether oxygens (including phenoxy) is 2. The summed E-state index contributed by atoms with van der Waals surface area (Å²) in [5.74, 6) is 1.88. The number of carbonyl (C=O) groups excluding carboxylic acids is 1. The van der Waals surface area contributed by atoms with Crippen LogP contribution >= 0.6 is 0 Å². The van der Waals surface area contributed by atoms with Crippen molar-refractivity contribution in [2.45, 2.75) is 32.5 Å². The summed E-state index contributed by atoms with van der Waals surface area (Å²) in [6, 6.07) is 17.3. The van der Waals surface area contributed by atoms with Gasteiger partial charge in [-0.15, -0.1) is 0 Å². The molecule has 2 saturated heterocycles. The number of hydrogen-bond acceptors (Lipinski definition) is 6. The number of pyridine rings is 1. The summed E-state index contributed by atoms with van der Waals surface area (Å²) in [5, 5.41) is 2.90. The fraction of sp³-hybridized carbons (Fsp3) is 0.438. The van der Waals surface area contributed by atoms with Gasteiger partial charge in [-0.2, -0.15) is 13.2 Å². The SMILES string of the molecule is COc1ccc(CN(C)c2cc(-c3cc(NC(=O)N4CCC(CC(F)(F)F)C4)ccc3C)cc(N3CCOCC3)n2)cc1. The number of methoxy groups -OCH3 is 1. The third-order valence-electron chi connectivity index (χ3n) is 8.00. The molecule has 1 unspecified atom stereocenters. The van der Waals surface area contributed by atoms with Crippen LogP contribution in [0.5, 0.6) is 5.75 Å². The lowest BCUT2D eigenvalue weighted by atomic mass is 10.00. The van der Waals surface area contributed by atoms with Crippen LogP contribution in [-0.2, 0) is 11.3 Å². The van der Waals surface area contributed by atoms with Crippen molar-refractivity contribution in [3.05, 3.63) is 65.7 Å². The average Bonchev–Trinajstić information content (AvgIpc) is 3.46. The van der Waals surface area contributed by atoms with Crippen LogP contribution < -0.4 is 19.9 Å². The summed E-state index contributed by atoms with van der Waals surface area (Å²) in [7, 11) is 3.65. The second kappa shape index (κ2) is 13.1. The van der Waals surface area contributed by atoms with Crippen molar-refractivity contribution in [1.82, 2.24) is 9.88 Å². The molecule has 2 aliphatic rings. The number of anilines is 3. The highest BCUT2D eigenvalue weighted by atomic mass is 19.4. The number of rotatable bonds is 8. The Morgan fingerprint density at radius 3 is 2.53 bits per heavy atom. The molecule has 0 bridgehead atoms. The Balaban J connectivity index is 1.39. The van der Waals surface area contributed by atoms with E-state index < -0.39 is 18.5 Å². The molecule has 2 amide bonds. The Morgan fingerprint density at radius 2 is 1.84 bits per heavy atom. The number of hydrogen-bond donors (Lipinski definition) is 1. The van der Waals surface area contributed by atoms with Crippen LogP contribution in [0.15, 0.2) is 54.6 Å². The van der Waals surface area contributed by atoms with E-state index in [0.29, 0.717) is 38.4 Å². The van der Waals surface area contributed by atoms with Gasteiger partial charge >= 0.3 is 12.2 Å². The molecule has 1 aromatic heterocycles. The van der Waals surface area contributed by atoms with Crippen molar-refractivity contribution in [3.63, 3.8) is 0 Å². The maximum absolute atomic E-state index is 13.0. The maximum Gasteiger partial charge on any atom is 0.389 e. The summed E-state index contributed by atoms with van der Waals surface area (Å²) in [6.45, 7) is 5.79. The Hall–Kier alpha value is -3.99. The molecule has 230 valence electrons. The lowest BCUT2D eigenvalue weighted by Gasteiger charge is -2.30. The van der Waals surface area contributed by atoms with Crippen LogP contribution in [0.1, 0.15) is 24.0 Å². The highest BCUT2D eigenvalue weighted by molar-refractivity contribution is 5.91. The minimum absolute atomic E-state index is 0.0984. The Labute approximate surface area is 250 Å². The van der Waals surface area contributed by atoms with Gasteiger partial charge in [0.2, 0.25) is 0 Å². The van der Waals surface area contributed by atoms with Gasteiger partial charge in [0.1, 0.15) is 17.4 Å². The van der Waals surface area contributed by atoms with Gasteiger partial charge in [0.25, 0.3) is 0 Å². The summed E-state index contributed by atoms with van der Waals surface area (Å²) in [6.07, 6.45) is -4.75. The van der Waals surface area contributed by atoms with E-state index in [1.165, 1.54) is 4.90 Å². The van der Waals surface area contributed by atoms with Gasteiger partial charge in [-0.05, 0) is 77.9 Å². The highest BCUT2D eigenvalue weighted by Gasteiger charge is 2.36. The van der Waals surface area contributed by atoms with Crippen LogP contribution in [0.4, 0.5) is 35.3 Å². The van der Waals surface area contributed by atoms with Gasteiger partial charge in [-0.3, -0.25) is 0 Å². The first-order chi connectivity index (χ1) is 20.6. The number of aromatic nitrogens is 1. The fourth-order valence-corrected chi connectivity index (χ4v) is 5.62. The number of amides is 2. The predicted molar refractivity (Wildman–Crippen MR) is 162 cm³/mol. The van der Waals surface area contributed by atoms with Crippen molar-refractivity contribution in [2.75, 3.05) is 68.7 Å². The van der Waals surface area contributed by atoms with E-state index in [2.05, 4.69) is 21.2 Å². The second-order valence-corrected chi connectivity index (χ2v) is 11.3. The molecule has 43 heavy (non-hydrogen) atoms. The number of carbonyl (C=O) groups is 1. The first-order valence-electron chi connectivity index (χ1n) is 14.5. The third kappa shape index (κ3) is 7.90. The monoisotopic (exact) mass is 597 g/mol. The number of likely N-dealkylation sites (tertiary alicyclic amines) is 1. The van der Waals surface area contributed by atoms with Crippen molar-refractivity contribution >= 4 is 23.4 Å². The normalized spacial score (nSPS) is 17.2. The van der Waals surface area contributed by atoms with Crippen LogP contribution in [0, 0.1) is 12.8 Å². The molecular weight excluding hydrogens is 559 g/mol. The standard InChI is InChI=1S/C32H38F3N5O3/c1-22-4-7-26(36-31(41)40-11-10-24(21-40)19-32(33,34)35)18-28(22)25-16-29(37-30(17-25)39-12-14-43-15-13-39)38(2)20-23-5-8-27(42-3)9-6-23/h4-9,16-18,24H,10-15,19-21H2,1-3H3,(H,36,41). The van der Waals surface area contributed by atoms with Crippen LogP contribution in [0.2, 0.25) is 0 Å². The fourth-order valence-electron chi connectivity index (χ4n) is 5.62. The van der Waals surface area contributed by atoms with Gasteiger partial charge in [-0.1, -0.05) is 18.2 Å². The van der Waals surface area contributed by atoms with Gasteiger partial charge in [0, 0.05) is 51.9 Å². The van der Waals surface area contributed by atoms with Gasteiger partial charge < -0.3 is 29.5 Å². The molecule has 11 heteroatoms. The van der Waals surface area contributed by atoms with Crippen molar-refractivity contribution in [3.8, 4) is 16.9 Å². The van der Waals surface area contributed by atoms with Gasteiger partial charge in [-0.25, -0.2) is 9.78 Å². The second-order valence-electron chi connectivity index (χ2n) is 11.3. The number of nitrogens with zero attached hydrogens (tertiary/aromatic N) is 4. The largest absolute Gasteiger partial charge is 0.497 e. The number of urea groups is 1. The van der Waals surface area contributed by atoms with E-state index in [4.69, 9.17) is 14.5 Å². The van der Waals surface area contributed by atoms with Crippen LogP contribution in [-0.4, -0.2) is 75.6 Å². The number of aryl methyl sites for hydroxylation is 1. The molecule has 2 fully saturated rings. The third-order valence-corrected chi connectivity index (χ3v) is 8.00. The summed E-state index contributed by atoms with van der Waals surface area (Å²) < 4.78 is 49.4. The van der Waals surface area contributed by atoms with Crippen LogP contribution in [0.25, 0.3) is 11.1 Å². The molecule has 5 rings (SSSR count). The highest BCUT2D eigenvalue weighted by Crippen LogP contribution is 2.34. The lowest BCUT2D eigenvalue weighted by Crippen LogP contribution is -2.37. The number of morpholine rings is 1. The number of nitrogens with one attached hydrogen (secondary N) is 1. The first-order valence-corrected chi connectivity index (χ1v) is 14.5. The average molecular weight is 598 g/mol. The lowest BCUT2D eigenvalue weighted by molar-refractivity contribution is -0.143. The molecule has 3 aromatic rings. The molecule has 1 atom stereocenters. The zero-order chi connectivity index (χ0) is 30.6. The summed E-state index contributed by atoms with van der Waals surface area (Å²) in [5.41, 5.74) is 4.61. The minimum atomic E-state index is -4.23. The summed E-state index contributed by atoms with van der Waals surface area (Å²) in [4.78, 5) is 23.8. The zero-order valence-electron chi connectivity index (χ0n) is 24.8. The predicted octanol–water partition coefficient (Wildman–Crippen LogP) is 6.34. The van der Waals surface area contributed by atoms with E-state index in [0.717, 1.165) is 52.7 Å². The van der Waals surface area contributed by atoms with Crippen LogP contribution in [0.3, 0.4) is 0 Å². The van der Waals surface area contributed by atoms with Crippen molar-refractivity contribution in [1.29, 1.82) is 0 Å². The minimum Gasteiger partial charge on any atom is -0.497 e. The van der Waals surface area contributed by atoms with Crippen molar-refractivity contribution < 1.29 is 27.4 Å². The zero-order valence-corrected chi connectivity index (χ0v) is 24.8. The Kier molecular flexibility index (Phi) is 9.29. The van der Waals surface area contributed by atoms with Crippen molar-refractivity contribution in [2.24, 2.45) is 5.92 Å². The smallest absolute Gasteiger partial charge is 0.389 e. The quantitative estimate of drug-likeness (QED) is 0.327. The van der Waals surface area contributed by atoms with E-state index in [1.807, 2.05) is 62.5 Å². The Bertz CT molecular complexity index is 1410. The Morgan fingerprint density at radius 1 is 1.09 bits per heavy atom. The van der Waals surface area contributed by atoms with E-state index >= 15 is 0 Å². The molecule has 1 N–H and O–H groups in total. The van der Waals surface area contributed by atoms with E-state index in [1.54, 1.807) is 7.11 Å². The molecule has 0 saturated carbocycles. The van der Waals surface area contributed by atoms with E-state index in [-0.39, 0.29) is 12.6 Å². The van der Waals surface area contributed by atoms with Gasteiger partial charge in [0.05, 0.1) is 20.3 Å². The van der Waals surface area contributed by atoms with Gasteiger partial charge in [0.15, 0.2) is 0 Å². The number of halogens is 3. The topological polar surface area (TPSA) is 70.2 Å². The number of benzene rings is 2. The first kappa shape index (κ1) is 30.5. The summed E-state index contributed by atoms with van der Waals surface area (Å²) >= 11 is 0. The maximum atomic E-state index is 13.0. The molecule has 2 aromatic carbocycles. The molecule has 0 aliphatic carbocycles. The molecule has 3 heterocycles.